The molecule has 0 spiro atoms. The standard InChI is InChI=1S/C20H16BrN3OS2/c21-13-3-4-18-22-14(10-19(25)24(18)11-13)12-23-7-5-16-15(6-9-27-16)20(23)17-2-1-8-26-17/h1-4,6,8-11,20H,5,7,12H2/t20-/m0/s1. The number of fused-ring (bicyclic) bond motifs is 2. The van der Waals surface area contributed by atoms with Gasteiger partial charge in [-0.05, 0) is 62.9 Å². The summed E-state index contributed by atoms with van der Waals surface area (Å²) in [5.74, 6) is 0. The molecule has 1 aliphatic heterocycles. The van der Waals surface area contributed by atoms with Crippen LogP contribution in [0.25, 0.3) is 5.65 Å². The zero-order valence-electron chi connectivity index (χ0n) is 14.3. The predicted molar refractivity (Wildman–Crippen MR) is 114 cm³/mol. The number of rotatable bonds is 3. The normalized spacial score (nSPS) is 17.3. The maximum absolute atomic E-state index is 12.5. The third-order valence-electron chi connectivity index (χ3n) is 4.92. The number of aromatic nitrogens is 2. The van der Waals surface area contributed by atoms with Crippen LogP contribution in [0.4, 0.5) is 0 Å². The van der Waals surface area contributed by atoms with E-state index in [0.29, 0.717) is 12.2 Å². The molecule has 0 saturated heterocycles. The molecular weight excluding hydrogens is 442 g/mol. The van der Waals surface area contributed by atoms with Crippen molar-refractivity contribution in [2.45, 2.75) is 19.0 Å². The van der Waals surface area contributed by atoms with Gasteiger partial charge < -0.3 is 0 Å². The first-order valence-corrected chi connectivity index (χ1v) is 11.3. The van der Waals surface area contributed by atoms with E-state index in [0.717, 1.165) is 23.1 Å². The van der Waals surface area contributed by atoms with Crippen molar-refractivity contribution in [2.75, 3.05) is 6.54 Å². The fraction of sp³-hybridized carbons (Fsp3) is 0.200. The highest BCUT2D eigenvalue weighted by atomic mass is 79.9. The topological polar surface area (TPSA) is 37.6 Å². The van der Waals surface area contributed by atoms with Gasteiger partial charge in [-0.1, -0.05) is 6.07 Å². The smallest absolute Gasteiger partial charge is 0.258 e. The molecule has 0 bridgehead atoms. The third-order valence-corrected chi connectivity index (χ3v) is 7.31. The fourth-order valence-corrected chi connectivity index (χ4v) is 5.85. The van der Waals surface area contributed by atoms with E-state index in [4.69, 9.17) is 4.98 Å². The summed E-state index contributed by atoms with van der Waals surface area (Å²) in [4.78, 5) is 22.5. The third kappa shape index (κ3) is 3.18. The van der Waals surface area contributed by atoms with E-state index < -0.39 is 0 Å². The van der Waals surface area contributed by atoms with Crippen LogP contribution in [-0.4, -0.2) is 20.8 Å². The molecule has 0 saturated carbocycles. The SMILES string of the molecule is O=c1cc(CN2CCc3sccc3[C@H]2c2cccs2)nc2ccc(Br)cn12. The number of thiophene rings is 2. The highest BCUT2D eigenvalue weighted by Crippen LogP contribution is 2.39. The summed E-state index contributed by atoms with van der Waals surface area (Å²) in [6.45, 7) is 1.64. The number of pyridine rings is 1. The number of nitrogens with zero attached hydrogens (tertiary/aromatic N) is 3. The maximum Gasteiger partial charge on any atom is 0.258 e. The van der Waals surface area contributed by atoms with Crippen molar-refractivity contribution in [2.24, 2.45) is 0 Å². The monoisotopic (exact) mass is 457 g/mol. The Balaban J connectivity index is 1.54. The molecule has 1 atom stereocenters. The van der Waals surface area contributed by atoms with Gasteiger partial charge in [0.05, 0.1) is 11.7 Å². The van der Waals surface area contributed by atoms with Crippen molar-refractivity contribution in [3.05, 3.63) is 89.2 Å². The zero-order valence-corrected chi connectivity index (χ0v) is 17.6. The lowest BCUT2D eigenvalue weighted by Gasteiger charge is -2.35. The summed E-state index contributed by atoms with van der Waals surface area (Å²) in [6, 6.07) is 12.2. The molecule has 0 amide bonds. The lowest BCUT2D eigenvalue weighted by Crippen LogP contribution is -2.35. The summed E-state index contributed by atoms with van der Waals surface area (Å²) >= 11 is 7.05. The molecule has 0 aliphatic carbocycles. The molecule has 0 fully saturated rings. The van der Waals surface area contributed by atoms with Crippen LogP contribution >= 0.6 is 38.6 Å². The second-order valence-electron chi connectivity index (χ2n) is 6.60. The minimum absolute atomic E-state index is 0.0443. The van der Waals surface area contributed by atoms with E-state index in [1.165, 1.54) is 15.3 Å². The van der Waals surface area contributed by atoms with Gasteiger partial charge in [0.1, 0.15) is 5.65 Å². The second-order valence-corrected chi connectivity index (χ2v) is 9.49. The van der Waals surface area contributed by atoms with E-state index >= 15 is 0 Å². The van der Waals surface area contributed by atoms with Crippen LogP contribution in [0, 0.1) is 0 Å². The first kappa shape index (κ1) is 17.3. The summed E-state index contributed by atoms with van der Waals surface area (Å²) < 4.78 is 2.45. The van der Waals surface area contributed by atoms with Crippen molar-refractivity contribution in [1.29, 1.82) is 0 Å². The quantitative estimate of drug-likeness (QED) is 0.446. The van der Waals surface area contributed by atoms with Crippen molar-refractivity contribution in [1.82, 2.24) is 14.3 Å². The Morgan fingerprint density at radius 2 is 2.11 bits per heavy atom. The first-order chi connectivity index (χ1) is 13.2. The minimum Gasteiger partial charge on any atom is -0.285 e. The van der Waals surface area contributed by atoms with Crippen LogP contribution in [0.5, 0.6) is 0 Å². The van der Waals surface area contributed by atoms with Crippen LogP contribution in [-0.2, 0) is 13.0 Å². The highest BCUT2D eigenvalue weighted by molar-refractivity contribution is 9.10. The van der Waals surface area contributed by atoms with Crippen LogP contribution in [0.1, 0.15) is 27.1 Å². The summed E-state index contributed by atoms with van der Waals surface area (Å²) in [5.41, 5.74) is 2.86. The minimum atomic E-state index is -0.0443. The molecule has 7 heteroatoms. The van der Waals surface area contributed by atoms with Crippen LogP contribution < -0.4 is 5.56 Å². The molecule has 4 nitrogen and oxygen atoms in total. The fourth-order valence-electron chi connectivity index (χ4n) is 3.73. The average molecular weight is 458 g/mol. The van der Waals surface area contributed by atoms with Crippen LogP contribution in [0.2, 0.25) is 0 Å². The van der Waals surface area contributed by atoms with E-state index in [1.54, 1.807) is 28.0 Å². The Kier molecular flexibility index (Phi) is 4.47. The number of hydrogen-bond donors (Lipinski definition) is 0. The van der Waals surface area contributed by atoms with Gasteiger partial charge in [-0.3, -0.25) is 14.1 Å². The molecule has 4 aromatic heterocycles. The summed E-state index contributed by atoms with van der Waals surface area (Å²) in [5, 5.41) is 4.32. The molecule has 136 valence electrons. The molecule has 4 aromatic rings. The van der Waals surface area contributed by atoms with Crippen molar-refractivity contribution >= 4 is 44.3 Å². The van der Waals surface area contributed by atoms with Crippen molar-refractivity contribution in [3.8, 4) is 0 Å². The molecule has 0 N–H and O–H groups in total. The summed E-state index contributed by atoms with van der Waals surface area (Å²) in [7, 11) is 0. The highest BCUT2D eigenvalue weighted by Gasteiger charge is 2.30. The van der Waals surface area contributed by atoms with Gasteiger partial charge in [-0.15, -0.1) is 22.7 Å². The Labute approximate surface area is 172 Å². The number of halogens is 1. The van der Waals surface area contributed by atoms with Gasteiger partial charge in [-0.2, -0.15) is 0 Å². The van der Waals surface area contributed by atoms with E-state index in [1.807, 2.05) is 23.5 Å². The van der Waals surface area contributed by atoms with Gasteiger partial charge in [-0.25, -0.2) is 4.98 Å². The molecule has 27 heavy (non-hydrogen) atoms. The second kappa shape index (κ2) is 6.98. The molecule has 1 aliphatic rings. The van der Waals surface area contributed by atoms with Gasteiger partial charge in [0.2, 0.25) is 0 Å². The van der Waals surface area contributed by atoms with Gasteiger partial charge in [0, 0.05) is 39.6 Å². The maximum atomic E-state index is 12.5. The van der Waals surface area contributed by atoms with Gasteiger partial charge in [0.25, 0.3) is 5.56 Å². The van der Waals surface area contributed by atoms with E-state index in [9.17, 15) is 4.79 Å². The van der Waals surface area contributed by atoms with E-state index in [2.05, 4.69) is 49.8 Å². The Morgan fingerprint density at radius 3 is 2.96 bits per heavy atom. The largest absolute Gasteiger partial charge is 0.285 e. The molecule has 0 radical (unpaired) electrons. The lowest BCUT2D eigenvalue weighted by molar-refractivity contribution is 0.206. The Morgan fingerprint density at radius 1 is 1.19 bits per heavy atom. The Hall–Kier alpha value is -1.80. The molecule has 5 rings (SSSR count). The van der Waals surface area contributed by atoms with Crippen molar-refractivity contribution < 1.29 is 0 Å². The molecule has 0 unspecified atom stereocenters. The van der Waals surface area contributed by atoms with Gasteiger partial charge in [0.15, 0.2) is 0 Å². The van der Waals surface area contributed by atoms with Crippen molar-refractivity contribution in [3.63, 3.8) is 0 Å². The summed E-state index contributed by atoms with van der Waals surface area (Å²) in [6.07, 6.45) is 2.82. The molecule has 5 heterocycles. The predicted octanol–water partition coefficient (Wildman–Crippen LogP) is 4.73. The average Bonchev–Trinajstić information content (AvgIpc) is 3.34. The van der Waals surface area contributed by atoms with E-state index in [-0.39, 0.29) is 11.6 Å². The Bertz CT molecular complexity index is 1170. The molecule has 0 aromatic carbocycles. The van der Waals surface area contributed by atoms with Crippen LogP contribution in [0.3, 0.4) is 0 Å². The zero-order chi connectivity index (χ0) is 18.4. The first-order valence-electron chi connectivity index (χ1n) is 8.70. The lowest BCUT2D eigenvalue weighted by atomic mass is 9.98. The van der Waals surface area contributed by atoms with Gasteiger partial charge >= 0.3 is 0 Å². The van der Waals surface area contributed by atoms with Crippen LogP contribution in [0.15, 0.2) is 62.6 Å². The number of hydrogen-bond acceptors (Lipinski definition) is 5. The molecular formula is C20H16BrN3OS2.